The molecule has 0 aliphatic heterocycles. The van der Waals surface area contributed by atoms with Crippen molar-refractivity contribution in [2.45, 2.75) is 25.5 Å². The van der Waals surface area contributed by atoms with Gasteiger partial charge in [0.2, 0.25) is 0 Å². The number of rotatable bonds is 4. The highest BCUT2D eigenvalue weighted by Gasteiger charge is 2.28. The van der Waals surface area contributed by atoms with Crippen molar-refractivity contribution in [1.29, 1.82) is 5.26 Å². The Morgan fingerprint density at radius 2 is 2.13 bits per heavy atom. The Bertz CT molecular complexity index is 1300. The molecule has 9 heteroatoms. The molecule has 0 fully saturated rings. The van der Waals surface area contributed by atoms with Crippen molar-refractivity contribution in [1.82, 2.24) is 20.0 Å². The zero-order valence-electron chi connectivity index (χ0n) is 15.4. The maximum absolute atomic E-state index is 14.4. The van der Waals surface area contributed by atoms with Crippen LogP contribution in [0.3, 0.4) is 0 Å². The van der Waals surface area contributed by atoms with Crippen LogP contribution in [-0.2, 0) is 6.42 Å². The molecule has 4 aromatic rings. The van der Waals surface area contributed by atoms with Crippen LogP contribution in [0.25, 0.3) is 22.2 Å². The highest BCUT2D eigenvalue weighted by atomic mass is 19.3. The van der Waals surface area contributed by atoms with Crippen molar-refractivity contribution < 1.29 is 17.9 Å². The first-order valence-electron chi connectivity index (χ1n) is 9.24. The molecule has 150 valence electrons. The first-order valence-corrected chi connectivity index (χ1v) is 9.24. The molecule has 2 heterocycles. The minimum atomic E-state index is -2.73. The van der Waals surface area contributed by atoms with Crippen LogP contribution >= 0.6 is 0 Å². The Morgan fingerprint density at radius 1 is 1.27 bits per heavy atom. The molecule has 0 radical (unpaired) electrons. The van der Waals surface area contributed by atoms with E-state index in [1.54, 1.807) is 24.3 Å². The number of H-pyrrole nitrogens is 1. The van der Waals surface area contributed by atoms with Crippen molar-refractivity contribution in [3.05, 3.63) is 65.2 Å². The molecule has 1 aliphatic carbocycles. The van der Waals surface area contributed by atoms with Gasteiger partial charge in [0.05, 0.1) is 17.3 Å². The third-order valence-corrected chi connectivity index (χ3v) is 5.29. The van der Waals surface area contributed by atoms with Crippen LogP contribution in [0, 0.1) is 17.1 Å². The second-order valence-electron chi connectivity index (χ2n) is 7.02. The fraction of sp³-hybridized carbons (Fsp3) is 0.190. The number of fused-ring (bicyclic) bond motifs is 2. The number of halogens is 3. The van der Waals surface area contributed by atoms with E-state index in [0.29, 0.717) is 45.5 Å². The number of aromatic nitrogens is 4. The second-order valence-corrected chi connectivity index (χ2v) is 7.02. The van der Waals surface area contributed by atoms with Crippen molar-refractivity contribution in [2.24, 2.45) is 0 Å². The molecule has 2 aromatic heterocycles. The summed E-state index contributed by atoms with van der Waals surface area (Å²) in [5, 5.41) is 20.4. The highest BCUT2D eigenvalue weighted by Crippen LogP contribution is 2.38. The SMILES string of the molecule is N#Cc1ccc2c(c1F)CC[C@H]2Oc1ccc2[nH]nc(-c3cnn(C(F)F)c3)c2c1. The van der Waals surface area contributed by atoms with Crippen LogP contribution in [-0.4, -0.2) is 20.0 Å². The number of benzene rings is 2. The van der Waals surface area contributed by atoms with Gasteiger partial charge in [-0.2, -0.15) is 24.2 Å². The van der Waals surface area contributed by atoms with Crippen LogP contribution in [0.15, 0.2) is 42.7 Å². The van der Waals surface area contributed by atoms with E-state index >= 15 is 0 Å². The number of nitriles is 1. The summed E-state index contributed by atoms with van der Waals surface area (Å²) >= 11 is 0. The molecule has 1 N–H and O–H groups in total. The van der Waals surface area contributed by atoms with Gasteiger partial charge < -0.3 is 4.74 Å². The molecule has 1 aliphatic rings. The third-order valence-electron chi connectivity index (χ3n) is 5.29. The van der Waals surface area contributed by atoms with Gasteiger partial charge >= 0.3 is 6.55 Å². The maximum Gasteiger partial charge on any atom is 0.333 e. The van der Waals surface area contributed by atoms with Gasteiger partial charge in [-0.15, -0.1) is 0 Å². The van der Waals surface area contributed by atoms with Crippen LogP contribution in [0.2, 0.25) is 0 Å². The van der Waals surface area contributed by atoms with E-state index in [4.69, 9.17) is 10.00 Å². The van der Waals surface area contributed by atoms with Crippen LogP contribution < -0.4 is 4.74 Å². The zero-order chi connectivity index (χ0) is 20.8. The molecule has 6 nitrogen and oxygen atoms in total. The van der Waals surface area contributed by atoms with Crippen molar-refractivity contribution in [3.8, 4) is 23.1 Å². The van der Waals surface area contributed by atoms with Gasteiger partial charge in [-0.3, -0.25) is 5.10 Å². The van der Waals surface area contributed by atoms with Crippen LogP contribution in [0.1, 0.15) is 35.8 Å². The van der Waals surface area contributed by atoms with Crippen LogP contribution in [0.4, 0.5) is 13.2 Å². The molecule has 2 aromatic carbocycles. The van der Waals surface area contributed by atoms with E-state index < -0.39 is 12.4 Å². The van der Waals surface area contributed by atoms with Gasteiger partial charge in [-0.25, -0.2) is 9.07 Å². The Kier molecular flexibility index (Phi) is 4.20. The van der Waals surface area contributed by atoms with E-state index in [-0.39, 0.29) is 11.7 Å². The molecule has 30 heavy (non-hydrogen) atoms. The smallest absolute Gasteiger partial charge is 0.333 e. The summed E-state index contributed by atoms with van der Waals surface area (Å²) < 4.78 is 46.7. The topological polar surface area (TPSA) is 79.5 Å². The quantitative estimate of drug-likeness (QED) is 0.520. The standard InChI is InChI=1S/C21H14F3N5O/c22-19-11(8-25)1-3-14-15(19)4-6-18(14)30-13-2-5-17-16(7-13)20(28-27-17)12-9-26-29(10-12)21(23)24/h1-3,5,7,9-10,18,21H,4,6H2,(H,27,28)/t18-/m1/s1. The molecule has 0 unspecified atom stereocenters. The lowest BCUT2D eigenvalue weighted by Crippen LogP contribution is -2.04. The van der Waals surface area contributed by atoms with E-state index in [9.17, 15) is 13.2 Å². The molecule has 0 amide bonds. The Hall–Kier alpha value is -3.80. The van der Waals surface area contributed by atoms with Gasteiger partial charge in [0, 0.05) is 17.1 Å². The fourth-order valence-corrected chi connectivity index (χ4v) is 3.85. The molecular formula is C21H14F3N5O. The molecular weight excluding hydrogens is 395 g/mol. The van der Waals surface area contributed by atoms with Gasteiger partial charge in [0.1, 0.15) is 29.4 Å². The first-order chi connectivity index (χ1) is 14.5. The molecule has 0 saturated carbocycles. The number of hydrogen-bond acceptors (Lipinski definition) is 4. The minimum absolute atomic E-state index is 0.0307. The first kappa shape index (κ1) is 18.2. The van der Waals surface area contributed by atoms with Crippen LogP contribution in [0.5, 0.6) is 5.75 Å². The average Bonchev–Trinajstić information content (AvgIpc) is 3.46. The summed E-state index contributed by atoms with van der Waals surface area (Å²) in [7, 11) is 0. The van der Waals surface area contributed by atoms with Crippen molar-refractivity contribution >= 4 is 10.9 Å². The van der Waals surface area contributed by atoms with Gasteiger partial charge in [-0.05, 0) is 48.2 Å². The summed E-state index contributed by atoms with van der Waals surface area (Å²) in [6.07, 6.45) is 3.32. The second kappa shape index (κ2) is 6.91. The summed E-state index contributed by atoms with van der Waals surface area (Å²) in [6, 6.07) is 10.4. The van der Waals surface area contributed by atoms with Gasteiger partial charge in [0.25, 0.3) is 0 Å². The van der Waals surface area contributed by atoms with E-state index in [1.807, 2.05) is 6.07 Å². The number of hydrogen-bond donors (Lipinski definition) is 1. The third kappa shape index (κ3) is 2.88. The number of ether oxygens (including phenoxy) is 1. The molecule has 0 saturated heterocycles. The molecule has 0 bridgehead atoms. The summed E-state index contributed by atoms with van der Waals surface area (Å²) in [5.41, 5.74) is 2.94. The monoisotopic (exact) mass is 409 g/mol. The number of nitrogens with one attached hydrogen (secondary N) is 1. The molecule has 0 spiro atoms. The molecule has 1 atom stereocenters. The Morgan fingerprint density at radius 3 is 2.90 bits per heavy atom. The van der Waals surface area contributed by atoms with E-state index in [0.717, 1.165) is 11.1 Å². The minimum Gasteiger partial charge on any atom is -0.486 e. The van der Waals surface area contributed by atoms with Gasteiger partial charge in [0.15, 0.2) is 0 Å². The van der Waals surface area contributed by atoms with Crippen molar-refractivity contribution in [3.63, 3.8) is 0 Å². The summed E-state index contributed by atoms with van der Waals surface area (Å²) in [6.45, 7) is -2.73. The van der Waals surface area contributed by atoms with Gasteiger partial charge in [-0.1, -0.05) is 6.07 Å². The lowest BCUT2D eigenvalue weighted by molar-refractivity contribution is 0.0566. The molecule has 5 rings (SSSR count). The fourth-order valence-electron chi connectivity index (χ4n) is 3.85. The van der Waals surface area contributed by atoms with E-state index in [1.165, 1.54) is 18.5 Å². The normalized spacial score (nSPS) is 15.5. The number of nitrogens with zero attached hydrogens (tertiary/aromatic N) is 4. The lowest BCUT2D eigenvalue weighted by Gasteiger charge is -2.15. The summed E-state index contributed by atoms with van der Waals surface area (Å²) in [4.78, 5) is 0. The van der Waals surface area contributed by atoms with E-state index in [2.05, 4.69) is 15.3 Å². The largest absolute Gasteiger partial charge is 0.486 e. The number of aromatic amines is 1. The number of alkyl halides is 2. The predicted molar refractivity (Wildman–Crippen MR) is 101 cm³/mol. The lowest BCUT2D eigenvalue weighted by atomic mass is 10.1. The average molecular weight is 409 g/mol. The highest BCUT2D eigenvalue weighted by molar-refractivity contribution is 5.93. The summed E-state index contributed by atoms with van der Waals surface area (Å²) in [5.74, 6) is 0.0683. The Labute approximate surface area is 168 Å². The van der Waals surface area contributed by atoms with Crippen molar-refractivity contribution in [2.75, 3.05) is 0 Å². The Balaban J connectivity index is 1.47. The maximum atomic E-state index is 14.4. The zero-order valence-corrected chi connectivity index (χ0v) is 15.4. The predicted octanol–water partition coefficient (Wildman–Crippen LogP) is 4.90.